The van der Waals surface area contributed by atoms with Crippen molar-refractivity contribution in [2.24, 2.45) is 0 Å². The van der Waals surface area contributed by atoms with E-state index in [1.807, 2.05) is 0 Å². The van der Waals surface area contributed by atoms with Crippen LogP contribution in [0.25, 0.3) is 11.6 Å². The van der Waals surface area contributed by atoms with Gasteiger partial charge in [0.25, 0.3) is 0 Å². The van der Waals surface area contributed by atoms with Crippen LogP contribution in [0.15, 0.2) is 43.9 Å². The fourth-order valence-corrected chi connectivity index (χ4v) is 2.66. The molecule has 0 saturated carbocycles. The number of methoxy groups -OCH3 is 1. The second kappa shape index (κ2) is 9.05. The highest BCUT2D eigenvalue weighted by molar-refractivity contribution is 6.27. The molecule has 158 valence electrons. The molecule has 2 N–H and O–H groups in total. The first kappa shape index (κ1) is 20.8. The minimum atomic E-state index is -1.82. The maximum absolute atomic E-state index is 11.4. The van der Waals surface area contributed by atoms with E-state index in [4.69, 9.17) is 33.2 Å². The van der Waals surface area contributed by atoms with Gasteiger partial charge in [0, 0.05) is 13.1 Å². The zero-order valence-corrected chi connectivity index (χ0v) is 15.7. The molecule has 30 heavy (non-hydrogen) atoms. The minimum Gasteiger partial charge on any atom is -0.473 e. The first-order chi connectivity index (χ1) is 14.4. The lowest BCUT2D eigenvalue weighted by atomic mass is 10.00. The summed E-state index contributed by atoms with van der Waals surface area (Å²) in [5.74, 6) is -1.35. The number of ether oxygens (including phenoxy) is 1. The van der Waals surface area contributed by atoms with Gasteiger partial charge in [0.15, 0.2) is 5.76 Å². The Labute approximate surface area is 168 Å². The van der Waals surface area contributed by atoms with Crippen LogP contribution < -0.4 is 0 Å². The lowest BCUT2D eigenvalue weighted by molar-refractivity contribution is -0.159. The van der Waals surface area contributed by atoms with Gasteiger partial charge in [-0.05, 0) is 24.3 Å². The number of hydrogen-bond donors (Lipinski definition) is 2. The number of aliphatic carboxylic acids is 2. The highest BCUT2D eigenvalue weighted by atomic mass is 16.5. The summed E-state index contributed by atoms with van der Waals surface area (Å²) < 4.78 is 20.6. The molecule has 0 spiro atoms. The predicted octanol–water partition coefficient (Wildman–Crippen LogP) is 1.46. The van der Waals surface area contributed by atoms with Gasteiger partial charge in [-0.25, -0.2) is 14.4 Å². The number of rotatable bonds is 5. The molecule has 0 aliphatic carbocycles. The molecule has 1 aliphatic heterocycles. The number of aromatic nitrogens is 2. The zero-order valence-electron chi connectivity index (χ0n) is 15.7. The van der Waals surface area contributed by atoms with Crippen LogP contribution in [0, 0.1) is 0 Å². The largest absolute Gasteiger partial charge is 0.473 e. The number of nitrogens with zero attached hydrogens (tertiary/aromatic N) is 3. The maximum atomic E-state index is 11.4. The monoisotopic (exact) mass is 419 g/mol. The van der Waals surface area contributed by atoms with E-state index in [1.165, 1.54) is 7.11 Å². The van der Waals surface area contributed by atoms with Crippen molar-refractivity contribution >= 4 is 17.9 Å². The summed E-state index contributed by atoms with van der Waals surface area (Å²) in [6.45, 7) is 2.19. The number of esters is 1. The van der Waals surface area contributed by atoms with Crippen LogP contribution in [-0.2, 0) is 20.9 Å². The Balaban J connectivity index is 0.000000377. The predicted molar refractivity (Wildman–Crippen MR) is 95.3 cm³/mol. The van der Waals surface area contributed by atoms with Gasteiger partial charge in [-0.1, -0.05) is 5.16 Å². The number of carbonyl (C=O) groups excluding carboxylic acids is 1. The molecule has 1 saturated heterocycles. The average Bonchev–Trinajstić information content (AvgIpc) is 3.45. The standard InChI is InChI=1S/C16H15N3O5.C2H2O4/c1-21-16(20)13-5-4-11(23-13)9-19-7-10(8-19)15-17-14(18-24-15)12-3-2-6-22-12;3-1(4)2(5)6/h2-6,10H,7-9H2,1H3;(H,3,4)(H,5,6). The number of carbonyl (C=O) groups is 3. The van der Waals surface area contributed by atoms with Gasteiger partial charge in [0.2, 0.25) is 17.5 Å². The highest BCUT2D eigenvalue weighted by Gasteiger charge is 2.33. The fraction of sp³-hybridized carbons (Fsp3) is 0.278. The van der Waals surface area contributed by atoms with Crippen molar-refractivity contribution in [3.05, 3.63) is 47.9 Å². The molecule has 1 fully saturated rings. The average molecular weight is 419 g/mol. The Hall–Kier alpha value is -3.93. The van der Waals surface area contributed by atoms with E-state index in [9.17, 15) is 4.79 Å². The molecule has 0 amide bonds. The molecule has 0 bridgehead atoms. The Kier molecular flexibility index (Phi) is 6.27. The first-order valence-corrected chi connectivity index (χ1v) is 8.60. The van der Waals surface area contributed by atoms with Gasteiger partial charge in [0.05, 0.1) is 25.8 Å². The summed E-state index contributed by atoms with van der Waals surface area (Å²) in [5.41, 5.74) is 0. The summed E-state index contributed by atoms with van der Waals surface area (Å²) in [4.78, 5) is 36.1. The van der Waals surface area contributed by atoms with Crippen molar-refractivity contribution in [3.63, 3.8) is 0 Å². The molecular formula is C18H17N3O9. The van der Waals surface area contributed by atoms with Crippen LogP contribution in [0.2, 0.25) is 0 Å². The normalized spacial score (nSPS) is 13.8. The van der Waals surface area contributed by atoms with E-state index >= 15 is 0 Å². The quantitative estimate of drug-likeness (QED) is 0.451. The summed E-state index contributed by atoms with van der Waals surface area (Å²) in [5, 5.41) is 18.7. The van der Waals surface area contributed by atoms with E-state index in [1.54, 1.807) is 30.5 Å². The molecule has 3 aromatic heterocycles. The van der Waals surface area contributed by atoms with Gasteiger partial charge in [-0.3, -0.25) is 4.90 Å². The Morgan fingerprint density at radius 2 is 1.93 bits per heavy atom. The van der Waals surface area contributed by atoms with Crippen molar-refractivity contribution < 1.29 is 42.7 Å². The Morgan fingerprint density at radius 3 is 2.53 bits per heavy atom. The molecule has 4 heterocycles. The van der Waals surface area contributed by atoms with Crippen molar-refractivity contribution in [2.45, 2.75) is 12.5 Å². The minimum absolute atomic E-state index is 0.191. The van der Waals surface area contributed by atoms with Crippen molar-refractivity contribution in [1.29, 1.82) is 0 Å². The second-order valence-electron chi connectivity index (χ2n) is 6.19. The van der Waals surface area contributed by atoms with Crippen LogP contribution in [0.5, 0.6) is 0 Å². The van der Waals surface area contributed by atoms with Gasteiger partial charge in [-0.2, -0.15) is 4.98 Å². The summed E-state index contributed by atoms with van der Waals surface area (Å²) in [6, 6.07) is 6.97. The van der Waals surface area contributed by atoms with Crippen LogP contribution >= 0.6 is 0 Å². The third-order valence-electron chi connectivity index (χ3n) is 4.10. The van der Waals surface area contributed by atoms with E-state index in [0.29, 0.717) is 24.0 Å². The molecule has 12 nitrogen and oxygen atoms in total. The zero-order chi connectivity index (χ0) is 21.7. The third kappa shape index (κ3) is 4.91. The van der Waals surface area contributed by atoms with Crippen molar-refractivity contribution in [2.75, 3.05) is 20.2 Å². The van der Waals surface area contributed by atoms with Gasteiger partial charge >= 0.3 is 17.9 Å². The molecule has 1 aliphatic rings. The molecular weight excluding hydrogens is 402 g/mol. The number of likely N-dealkylation sites (tertiary alicyclic amines) is 1. The fourth-order valence-electron chi connectivity index (χ4n) is 2.66. The second-order valence-corrected chi connectivity index (χ2v) is 6.19. The molecule has 3 aromatic rings. The lowest BCUT2D eigenvalue weighted by Gasteiger charge is -2.36. The van der Waals surface area contributed by atoms with Gasteiger partial charge < -0.3 is 28.3 Å². The van der Waals surface area contributed by atoms with Crippen LogP contribution in [0.4, 0.5) is 0 Å². The van der Waals surface area contributed by atoms with E-state index in [0.717, 1.165) is 18.8 Å². The number of carboxylic acid groups (broad SMARTS) is 2. The number of carboxylic acids is 2. The van der Waals surface area contributed by atoms with E-state index < -0.39 is 17.9 Å². The lowest BCUT2D eigenvalue weighted by Crippen LogP contribution is -2.44. The molecule has 4 rings (SSSR count). The topological polar surface area (TPSA) is 169 Å². The molecule has 0 atom stereocenters. The number of furan rings is 2. The Morgan fingerprint density at radius 1 is 1.20 bits per heavy atom. The first-order valence-electron chi connectivity index (χ1n) is 8.60. The molecule has 0 aromatic carbocycles. The summed E-state index contributed by atoms with van der Waals surface area (Å²) in [6.07, 6.45) is 1.57. The molecule has 0 unspecified atom stereocenters. The van der Waals surface area contributed by atoms with E-state index in [2.05, 4.69) is 19.8 Å². The van der Waals surface area contributed by atoms with Gasteiger partial charge in [0.1, 0.15) is 5.76 Å². The molecule has 0 radical (unpaired) electrons. The summed E-state index contributed by atoms with van der Waals surface area (Å²) in [7, 11) is 1.33. The number of hydrogen-bond acceptors (Lipinski definition) is 10. The Bertz CT molecular complexity index is 1000. The van der Waals surface area contributed by atoms with Crippen LogP contribution in [-0.4, -0.2) is 63.4 Å². The molecule has 12 heteroatoms. The smallest absolute Gasteiger partial charge is 0.414 e. The van der Waals surface area contributed by atoms with E-state index in [-0.39, 0.29) is 11.7 Å². The highest BCUT2D eigenvalue weighted by Crippen LogP contribution is 2.29. The maximum Gasteiger partial charge on any atom is 0.414 e. The van der Waals surface area contributed by atoms with Gasteiger partial charge in [-0.15, -0.1) is 0 Å². The van der Waals surface area contributed by atoms with Crippen molar-refractivity contribution in [3.8, 4) is 11.6 Å². The SMILES string of the molecule is COC(=O)c1ccc(CN2CC(c3nc(-c4ccco4)no3)C2)o1.O=C(O)C(=O)O. The van der Waals surface area contributed by atoms with Crippen molar-refractivity contribution in [1.82, 2.24) is 15.0 Å². The van der Waals surface area contributed by atoms with Crippen LogP contribution in [0.3, 0.4) is 0 Å². The summed E-state index contributed by atoms with van der Waals surface area (Å²) >= 11 is 0. The van der Waals surface area contributed by atoms with Crippen LogP contribution in [0.1, 0.15) is 28.1 Å². The third-order valence-corrected chi connectivity index (χ3v) is 4.10.